The highest BCUT2D eigenvalue weighted by molar-refractivity contribution is 7.89. The lowest BCUT2D eigenvalue weighted by Crippen LogP contribution is -2.26. The van der Waals surface area contributed by atoms with Crippen LogP contribution in [0.4, 0.5) is 5.69 Å². The van der Waals surface area contributed by atoms with Crippen molar-refractivity contribution in [3.8, 4) is 5.75 Å². The smallest absolute Gasteiger partial charge is 0.244 e. The first kappa shape index (κ1) is 15.3. The lowest BCUT2D eigenvalue weighted by Gasteiger charge is -2.11. The Morgan fingerprint density at radius 3 is 2.76 bits per heavy atom. The van der Waals surface area contributed by atoms with Gasteiger partial charge in [0.1, 0.15) is 10.6 Å². The number of aryl methyl sites for hydroxylation is 1. The van der Waals surface area contributed by atoms with E-state index in [2.05, 4.69) is 9.82 Å². The summed E-state index contributed by atoms with van der Waals surface area (Å²) < 4.78 is 33.8. The van der Waals surface area contributed by atoms with Gasteiger partial charge in [-0.1, -0.05) is 0 Å². The van der Waals surface area contributed by atoms with Gasteiger partial charge in [0.25, 0.3) is 0 Å². The molecule has 114 valence electrons. The molecule has 0 radical (unpaired) electrons. The third-order valence-electron chi connectivity index (χ3n) is 2.92. The van der Waals surface area contributed by atoms with Crippen LogP contribution in [0, 0.1) is 0 Å². The van der Waals surface area contributed by atoms with Crippen LogP contribution in [0.5, 0.6) is 5.75 Å². The lowest BCUT2D eigenvalue weighted by molar-refractivity contribution is 0.402. The molecule has 2 rings (SSSR count). The highest BCUT2D eigenvalue weighted by Gasteiger charge is 2.19. The van der Waals surface area contributed by atoms with Gasteiger partial charge in [0, 0.05) is 31.9 Å². The fourth-order valence-corrected chi connectivity index (χ4v) is 3.12. The summed E-state index contributed by atoms with van der Waals surface area (Å²) in [6.07, 6.45) is 2.31. The maximum Gasteiger partial charge on any atom is 0.244 e. The highest BCUT2D eigenvalue weighted by atomic mass is 32.2. The van der Waals surface area contributed by atoms with Crippen molar-refractivity contribution < 1.29 is 13.2 Å². The molecule has 0 aliphatic carbocycles. The van der Waals surface area contributed by atoms with Gasteiger partial charge < -0.3 is 10.5 Å². The predicted molar refractivity (Wildman–Crippen MR) is 79.5 cm³/mol. The molecular formula is C13H18N4O3S. The number of sulfonamides is 1. The number of nitrogens with zero attached hydrogens (tertiary/aromatic N) is 2. The Labute approximate surface area is 123 Å². The van der Waals surface area contributed by atoms with Crippen LogP contribution in [-0.2, 0) is 23.5 Å². The summed E-state index contributed by atoms with van der Waals surface area (Å²) in [6.45, 7) is 0.247. The summed E-state index contributed by atoms with van der Waals surface area (Å²) in [5.74, 6) is 0.259. The number of anilines is 1. The molecule has 0 atom stereocenters. The fraction of sp³-hybridized carbons (Fsp3) is 0.308. The first-order valence-electron chi connectivity index (χ1n) is 6.34. The lowest BCUT2D eigenvalue weighted by atomic mass is 10.3. The molecule has 8 heteroatoms. The van der Waals surface area contributed by atoms with Crippen molar-refractivity contribution in [1.29, 1.82) is 0 Å². The van der Waals surface area contributed by atoms with Crippen molar-refractivity contribution in [2.75, 3.05) is 19.4 Å². The van der Waals surface area contributed by atoms with Gasteiger partial charge >= 0.3 is 0 Å². The third-order valence-corrected chi connectivity index (χ3v) is 4.40. The molecule has 0 amide bonds. The summed E-state index contributed by atoms with van der Waals surface area (Å²) in [6, 6.07) is 6.34. The van der Waals surface area contributed by atoms with Gasteiger partial charge in [0.15, 0.2) is 0 Å². The normalized spacial score (nSPS) is 11.5. The molecule has 0 fully saturated rings. The van der Waals surface area contributed by atoms with E-state index in [4.69, 9.17) is 10.5 Å². The number of nitrogens with two attached hydrogens (primary N) is 1. The molecule has 0 unspecified atom stereocenters. The number of hydrogen-bond acceptors (Lipinski definition) is 5. The highest BCUT2D eigenvalue weighted by Crippen LogP contribution is 2.25. The average Bonchev–Trinajstić information content (AvgIpc) is 2.84. The van der Waals surface area contributed by atoms with Crippen LogP contribution in [0.2, 0.25) is 0 Å². The van der Waals surface area contributed by atoms with Crippen LogP contribution in [-0.4, -0.2) is 31.9 Å². The van der Waals surface area contributed by atoms with Crippen molar-refractivity contribution in [3.63, 3.8) is 0 Å². The van der Waals surface area contributed by atoms with E-state index in [1.807, 2.05) is 19.3 Å². The number of nitrogen functional groups attached to an aromatic ring is 1. The Balaban J connectivity index is 2.09. The van der Waals surface area contributed by atoms with Crippen molar-refractivity contribution >= 4 is 15.7 Å². The average molecular weight is 310 g/mol. The Morgan fingerprint density at radius 1 is 1.38 bits per heavy atom. The first-order chi connectivity index (χ1) is 9.92. The molecule has 0 saturated carbocycles. The van der Waals surface area contributed by atoms with Crippen molar-refractivity contribution in [2.24, 2.45) is 7.05 Å². The second-order valence-corrected chi connectivity index (χ2v) is 6.27. The Hall–Kier alpha value is -2.06. The van der Waals surface area contributed by atoms with E-state index >= 15 is 0 Å². The second kappa shape index (κ2) is 6.15. The molecule has 1 aromatic carbocycles. The number of nitrogens with one attached hydrogen (secondary N) is 1. The van der Waals surface area contributed by atoms with Crippen molar-refractivity contribution in [2.45, 2.75) is 11.3 Å². The molecule has 1 heterocycles. The molecule has 0 spiro atoms. The minimum Gasteiger partial charge on any atom is -0.495 e. The van der Waals surface area contributed by atoms with E-state index in [-0.39, 0.29) is 17.2 Å². The molecule has 1 aromatic heterocycles. The molecule has 0 aliphatic heterocycles. The van der Waals surface area contributed by atoms with E-state index < -0.39 is 10.0 Å². The molecule has 0 saturated heterocycles. The molecule has 7 nitrogen and oxygen atoms in total. The maximum absolute atomic E-state index is 12.3. The van der Waals surface area contributed by atoms with Crippen LogP contribution in [0.15, 0.2) is 35.4 Å². The topological polar surface area (TPSA) is 99.2 Å². The number of benzene rings is 1. The van der Waals surface area contributed by atoms with E-state index in [1.54, 1.807) is 10.7 Å². The molecule has 0 bridgehead atoms. The van der Waals surface area contributed by atoms with Crippen LogP contribution >= 0.6 is 0 Å². The number of rotatable bonds is 6. The zero-order valence-corrected chi connectivity index (χ0v) is 12.7. The van der Waals surface area contributed by atoms with Crippen LogP contribution in [0.1, 0.15) is 5.69 Å². The standard InChI is InChI=1S/C13H18N4O3S/c1-17-8-6-11(16-17)5-7-15-21(18,19)13-9-10(14)3-4-12(13)20-2/h3-4,6,8-9,15H,5,7,14H2,1-2H3. The van der Waals surface area contributed by atoms with Crippen LogP contribution in [0.3, 0.4) is 0 Å². The molecule has 2 aromatic rings. The van der Waals surface area contributed by atoms with Crippen LogP contribution < -0.4 is 15.2 Å². The van der Waals surface area contributed by atoms with Gasteiger partial charge in [0.2, 0.25) is 10.0 Å². The van der Waals surface area contributed by atoms with Gasteiger partial charge in [-0.15, -0.1) is 0 Å². The largest absolute Gasteiger partial charge is 0.495 e. The van der Waals surface area contributed by atoms with Gasteiger partial charge in [-0.2, -0.15) is 5.10 Å². The zero-order chi connectivity index (χ0) is 15.5. The zero-order valence-electron chi connectivity index (χ0n) is 11.9. The minimum absolute atomic E-state index is 0.0334. The number of hydrogen-bond donors (Lipinski definition) is 2. The molecular weight excluding hydrogens is 292 g/mol. The SMILES string of the molecule is COc1ccc(N)cc1S(=O)(=O)NCCc1ccn(C)n1. The Morgan fingerprint density at radius 2 is 2.14 bits per heavy atom. The Kier molecular flexibility index (Phi) is 4.49. The second-order valence-electron chi connectivity index (χ2n) is 4.54. The monoisotopic (exact) mass is 310 g/mol. The summed E-state index contributed by atoms with van der Waals surface area (Å²) in [5, 5.41) is 4.19. The summed E-state index contributed by atoms with van der Waals surface area (Å²) >= 11 is 0. The predicted octanol–water partition coefficient (Wildman–Crippen LogP) is 0.532. The summed E-state index contributed by atoms with van der Waals surface area (Å²) in [5.41, 5.74) is 6.82. The number of methoxy groups -OCH3 is 1. The third kappa shape index (κ3) is 3.73. The van der Waals surface area contributed by atoms with Gasteiger partial charge in [-0.25, -0.2) is 13.1 Å². The minimum atomic E-state index is -3.68. The first-order valence-corrected chi connectivity index (χ1v) is 7.82. The quantitative estimate of drug-likeness (QED) is 0.758. The molecule has 3 N–H and O–H groups in total. The van der Waals surface area contributed by atoms with Gasteiger partial charge in [0.05, 0.1) is 12.8 Å². The molecule has 0 aliphatic rings. The van der Waals surface area contributed by atoms with Gasteiger partial charge in [-0.05, 0) is 24.3 Å². The number of aromatic nitrogens is 2. The van der Waals surface area contributed by atoms with Gasteiger partial charge in [-0.3, -0.25) is 4.68 Å². The summed E-state index contributed by atoms with van der Waals surface area (Å²) in [7, 11) is -0.453. The number of ether oxygens (including phenoxy) is 1. The van der Waals surface area contributed by atoms with E-state index in [9.17, 15) is 8.42 Å². The van der Waals surface area contributed by atoms with E-state index in [0.29, 0.717) is 12.1 Å². The van der Waals surface area contributed by atoms with Crippen molar-refractivity contribution in [1.82, 2.24) is 14.5 Å². The maximum atomic E-state index is 12.3. The van der Waals surface area contributed by atoms with E-state index in [0.717, 1.165) is 5.69 Å². The molecule has 21 heavy (non-hydrogen) atoms. The van der Waals surface area contributed by atoms with E-state index in [1.165, 1.54) is 19.2 Å². The van der Waals surface area contributed by atoms with Crippen molar-refractivity contribution in [3.05, 3.63) is 36.2 Å². The van der Waals surface area contributed by atoms with Crippen LogP contribution in [0.25, 0.3) is 0 Å². The summed E-state index contributed by atoms with van der Waals surface area (Å²) in [4.78, 5) is 0.0334. The fourth-order valence-electron chi connectivity index (χ4n) is 1.89. The Bertz CT molecular complexity index is 725.